The minimum Gasteiger partial charge on any atom is -0.457 e. The third-order valence-corrected chi connectivity index (χ3v) is 16.0. The average Bonchev–Trinajstić information content (AvgIpc) is 3.78. The molecule has 51 heavy (non-hydrogen) atoms. The van der Waals surface area contributed by atoms with Crippen LogP contribution in [0.3, 0.4) is 0 Å². The van der Waals surface area contributed by atoms with Gasteiger partial charge in [-0.2, -0.15) is 0 Å². The fourth-order valence-corrected chi connectivity index (χ4v) is 8.81. The number of ether oxygens (including phenoxy) is 1. The molecule has 0 N–H and O–H groups in total. The number of benzene rings is 3. The second-order valence-corrected chi connectivity index (χ2v) is 22.8. The van der Waals surface area contributed by atoms with Gasteiger partial charge in [-0.1, -0.05) is 80.9 Å². The van der Waals surface area contributed by atoms with E-state index in [2.05, 4.69) is 33.9 Å². The number of aromatic nitrogens is 1. The van der Waals surface area contributed by atoms with Crippen molar-refractivity contribution in [3.05, 3.63) is 113 Å². The van der Waals surface area contributed by atoms with Gasteiger partial charge in [0.2, 0.25) is 5.91 Å². The lowest BCUT2D eigenvalue weighted by molar-refractivity contribution is -0.148. The van der Waals surface area contributed by atoms with Gasteiger partial charge in [-0.05, 0) is 99.6 Å². The van der Waals surface area contributed by atoms with Crippen molar-refractivity contribution in [2.45, 2.75) is 95.2 Å². The normalized spacial score (nSPS) is 15.5. The molecule has 1 aliphatic carbocycles. The van der Waals surface area contributed by atoms with Gasteiger partial charge in [0.05, 0.1) is 22.2 Å². The summed E-state index contributed by atoms with van der Waals surface area (Å²) in [5.41, 5.74) is 0.795. The zero-order valence-corrected chi connectivity index (χ0v) is 33.3. The number of carbonyl (C=O) groups excluding carboxylic acids is 2. The SMILES string of the molecule is CC(C)(C)OC(=O)C=CC(=O)N(CC1CC1)[C@H](c1cc2ccccc2n1S(=O)(=O)c1ccccc1)[C@H](O[Si](C)(C)C(C)(C)C)c1cccc(Cl)c1. The van der Waals surface area contributed by atoms with E-state index in [0.717, 1.165) is 18.9 Å². The summed E-state index contributed by atoms with van der Waals surface area (Å²) in [5, 5.41) is 0.939. The summed E-state index contributed by atoms with van der Waals surface area (Å²) in [6, 6.07) is 23.8. The summed E-state index contributed by atoms with van der Waals surface area (Å²) >= 11 is 6.63. The highest BCUT2D eigenvalue weighted by Crippen LogP contribution is 2.48. The molecular formula is C40H49ClN2O6SSi. The van der Waals surface area contributed by atoms with Crippen molar-refractivity contribution >= 4 is 52.7 Å². The highest BCUT2D eigenvalue weighted by Gasteiger charge is 2.46. The molecule has 2 atom stereocenters. The van der Waals surface area contributed by atoms with Crippen LogP contribution in [0.25, 0.3) is 10.9 Å². The predicted molar refractivity (Wildman–Crippen MR) is 206 cm³/mol. The topological polar surface area (TPSA) is 94.9 Å². The molecular weight excluding hydrogens is 700 g/mol. The van der Waals surface area contributed by atoms with Gasteiger partial charge in [-0.15, -0.1) is 0 Å². The molecule has 1 amide bonds. The Balaban J connectivity index is 1.83. The van der Waals surface area contributed by atoms with E-state index in [-0.39, 0.29) is 15.9 Å². The average molecular weight is 749 g/mol. The van der Waals surface area contributed by atoms with Crippen LogP contribution in [0, 0.1) is 5.92 Å². The second-order valence-electron chi connectivity index (χ2n) is 15.8. The first-order chi connectivity index (χ1) is 23.8. The lowest BCUT2D eigenvalue weighted by Gasteiger charge is -2.44. The first kappa shape index (κ1) is 38.5. The zero-order valence-electron chi connectivity index (χ0n) is 30.7. The standard InChI is InChI=1S/C40H49ClN2O6SSi/c1-39(2,3)48-36(45)24-23-35(44)42(27-28-21-22-28)37(38(30-16-14-17-31(41)25-30)49-51(7,8)40(4,5)6)34-26-29-15-12-13-20-33(29)43(34)50(46,47)32-18-10-9-11-19-32/h9-20,23-26,28,37-38H,21-22,27H2,1-8H3/t37-,38-/m1/s1. The number of nitrogens with zero attached hydrogens (tertiary/aromatic N) is 2. The number of hydrogen-bond donors (Lipinski definition) is 0. The maximum absolute atomic E-state index is 14.8. The van der Waals surface area contributed by atoms with E-state index >= 15 is 0 Å². The quantitative estimate of drug-likeness (QED) is 0.0814. The highest BCUT2D eigenvalue weighted by molar-refractivity contribution is 7.90. The molecule has 11 heteroatoms. The molecule has 8 nitrogen and oxygen atoms in total. The molecule has 1 fully saturated rings. The molecule has 1 saturated carbocycles. The number of fused-ring (bicyclic) bond motifs is 1. The van der Waals surface area contributed by atoms with E-state index in [9.17, 15) is 18.0 Å². The van der Waals surface area contributed by atoms with Crippen molar-refractivity contribution in [2.24, 2.45) is 5.92 Å². The van der Waals surface area contributed by atoms with E-state index in [1.807, 2.05) is 36.4 Å². The Morgan fingerprint density at radius 2 is 1.57 bits per heavy atom. The summed E-state index contributed by atoms with van der Waals surface area (Å²) in [5.74, 6) is -0.913. The molecule has 272 valence electrons. The fourth-order valence-electron chi connectivity index (χ4n) is 5.78. The number of halogens is 1. The zero-order chi connectivity index (χ0) is 37.4. The Hall–Kier alpha value is -3.70. The summed E-state index contributed by atoms with van der Waals surface area (Å²) in [6.07, 6.45) is 3.37. The van der Waals surface area contributed by atoms with Crippen LogP contribution in [0.2, 0.25) is 23.2 Å². The van der Waals surface area contributed by atoms with E-state index in [1.54, 1.807) is 74.2 Å². The summed E-state index contributed by atoms with van der Waals surface area (Å²) in [7, 11) is -6.83. The molecule has 1 heterocycles. The van der Waals surface area contributed by atoms with Crippen LogP contribution < -0.4 is 0 Å². The van der Waals surface area contributed by atoms with Crippen molar-refractivity contribution in [3.8, 4) is 0 Å². The van der Waals surface area contributed by atoms with Crippen LogP contribution in [0.4, 0.5) is 0 Å². The number of amides is 1. The molecule has 0 radical (unpaired) electrons. The largest absolute Gasteiger partial charge is 0.457 e. The number of carbonyl (C=O) groups is 2. The lowest BCUT2D eigenvalue weighted by atomic mass is 9.97. The van der Waals surface area contributed by atoms with Crippen LogP contribution in [0.1, 0.15) is 77.8 Å². The Labute approximate surface area is 308 Å². The van der Waals surface area contributed by atoms with E-state index in [0.29, 0.717) is 33.7 Å². The van der Waals surface area contributed by atoms with Gasteiger partial charge in [0.1, 0.15) is 11.6 Å². The van der Waals surface area contributed by atoms with E-state index < -0.39 is 48.0 Å². The van der Waals surface area contributed by atoms with Gasteiger partial charge in [-0.25, -0.2) is 17.2 Å². The van der Waals surface area contributed by atoms with Crippen molar-refractivity contribution < 1.29 is 27.2 Å². The molecule has 3 aromatic carbocycles. The Kier molecular flexibility index (Phi) is 11.1. The first-order valence-electron chi connectivity index (χ1n) is 17.3. The summed E-state index contributed by atoms with van der Waals surface area (Å²) in [4.78, 5) is 29.2. The maximum Gasteiger partial charge on any atom is 0.331 e. The maximum atomic E-state index is 14.8. The monoisotopic (exact) mass is 748 g/mol. The van der Waals surface area contributed by atoms with Crippen LogP contribution in [-0.4, -0.2) is 49.6 Å². The molecule has 0 spiro atoms. The Bertz CT molecular complexity index is 2020. The van der Waals surface area contributed by atoms with Gasteiger partial charge in [0.15, 0.2) is 8.32 Å². The molecule has 4 aromatic rings. The number of para-hydroxylation sites is 1. The van der Waals surface area contributed by atoms with Crippen molar-refractivity contribution in [1.29, 1.82) is 0 Å². The minimum absolute atomic E-state index is 0.112. The molecule has 5 rings (SSSR count). The van der Waals surface area contributed by atoms with Crippen molar-refractivity contribution in [1.82, 2.24) is 8.87 Å². The van der Waals surface area contributed by atoms with Gasteiger partial charge in [-0.3, -0.25) is 4.79 Å². The third kappa shape index (κ3) is 9.03. The number of rotatable bonds is 12. The molecule has 0 aliphatic heterocycles. The third-order valence-electron chi connectivity index (χ3n) is 9.51. The summed E-state index contributed by atoms with van der Waals surface area (Å²) in [6.45, 7) is 16.3. The van der Waals surface area contributed by atoms with Gasteiger partial charge in [0, 0.05) is 29.1 Å². The Morgan fingerprint density at radius 3 is 2.18 bits per heavy atom. The van der Waals surface area contributed by atoms with Gasteiger partial charge in [0.25, 0.3) is 10.0 Å². The Morgan fingerprint density at radius 1 is 0.922 bits per heavy atom. The molecule has 1 aliphatic rings. The smallest absolute Gasteiger partial charge is 0.331 e. The predicted octanol–water partition coefficient (Wildman–Crippen LogP) is 9.47. The van der Waals surface area contributed by atoms with Crippen LogP contribution in [0.15, 0.2) is 102 Å². The van der Waals surface area contributed by atoms with Gasteiger partial charge >= 0.3 is 5.97 Å². The molecule has 1 aromatic heterocycles. The van der Waals surface area contributed by atoms with Crippen LogP contribution >= 0.6 is 11.6 Å². The minimum atomic E-state index is -4.20. The second kappa shape index (κ2) is 14.7. The lowest BCUT2D eigenvalue weighted by Crippen LogP contribution is -2.47. The van der Waals surface area contributed by atoms with E-state index in [4.69, 9.17) is 20.8 Å². The van der Waals surface area contributed by atoms with Gasteiger partial charge < -0.3 is 14.1 Å². The van der Waals surface area contributed by atoms with E-state index in [1.165, 1.54) is 10.0 Å². The van der Waals surface area contributed by atoms with Crippen LogP contribution in [-0.2, 0) is 28.8 Å². The first-order valence-corrected chi connectivity index (χ1v) is 22.1. The van der Waals surface area contributed by atoms with Crippen LogP contribution in [0.5, 0.6) is 0 Å². The molecule has 0 saturated heterocycles. The summed E-state index contributed by atoms with van der Waals surface area (Å²) < 4.78 is 43.8. The van der Waals surface area contributed by atoms with Crippen molar-refractivity contribution in [2.75, 3.05) is 6.54 Å². The highest BCUT2D eigenvalue weighted by atomic mass is 35.5. The molecule has 0 unspecified atom stereocenters. The number of hydrogen-bond acceptors (Lipinski definition) is 6. The molecule has 0 bridgehead atoms. The number of esters is 1. The van der Waals surface area contributed by atoms with Crippen molar-refractivity contribution in [3.63, 3.8) is 0 Å². The fraction of sp³-hybridized carbons (Fsp3) is 0.400.